The normalized spacial score (nSPS) is 10.5. The van der Waals surface area contributed by atoms with E-state index in [4.69, 9.17) is 0 Å². The Balaban J connectivity index is 3.02. The molecular formula is C9H8N2O2. The monoisotopic (exact) mass is 176 g/mol. The minimum Gasteiger partial charge on any atom is -0.507 e. The minimum atomic E-state index is -0.280. The number of aromatic hydroxyl groups is 1. The fourth-order valence-electron chi connectivity index (χ4n) is 1.23. The molecular weight excluding hydrogens is 168 g/mol. The van der Waals surface area contributed by atoms with Crippen LogP contribution in [0.3, 0.4) is 0 Å². The molecule has 13 heavy (non-hydrogen) atoms. The molecule has 0 fully saturated rings. The average Bonchev–Trinajstić information content (AvgIpc) is 2.15. The molecule has 0 unspecified atom stereocenters. The van der Waals surface area contributed by atoms with Crippen molar-refractivity contribution in [1.82, 2.24) is 9.97 Å². The van der Waals surface area contributed by atoms with E-state index in [-0.39, 0.29) is 11.3 Å². The summed E-state index contributed by atoms with van der Waals surface area (Å²) in [6.45, 7) is 1.58. The predicted octanol–water partition coefficient (Wildman–Crippen LogP) is 0.937. The molecule has 0 radical (unpaired) electrons. The number of H-pyrrole nitrogens is 1. The van der Waals surface area contributed by atoms with Gasteiger partial charge in [0.25, 0.3) is 5.56 Å². The van der Waals surface area contributed by atoms with Gasteiger partial charge >= 0.3 is 0 Å². The van der Waals surface area contributed by atoms with Crippen molar-refractivity contribution in [3.8, 4) is 5.75 Å². The van der Waals surface area contributed by atoms with Gasteiger partial charge in [-0.15, -0.1) is 0 Å². The summed E-state index contributed by atoms with van der Waals surface area (Å²) in [4.78, 5) is 17.7. The SMILES string of the molecule is Cc1c(O)c2ccncc2[nH]c1=O. The van der Waals surface area contributed by atoms with Crippen LogP contribution in [0.2, 0.25) is 0 Å². The number of hydrogen-bond acceptors (Lipinski definition) is 3. The van der Waals surface area contributed by atoms with E-state index in [0.717, 1.165) is 0 Å². The molecule has 0 amide bonds. The van der Waals surface area contributed by atoms with Crippen molar-refractivity contribution in [1.29, 1.82) is 0 Å². The van der Waals surface area contributed by atoms with Crippen LogP contribution in [0.1, 0.15) is 5.56 Å². The molecule has 4 heteroatoms. The lowest BCUT2D eigenvalue weighted by atomic mass is 10.2. The van der Waals surface area contributed by atoms with Gasteiger partial charge in [-0.1, -0.05) is 0 Å². The molecule has 2 N–H and O–H groups in total. The molecule has 0 aliphatic rings. The van der Waals surface area contributed by atoms with Gasteiger partial charge in [-0.2, -0.15) is 0 Å². The summed E-state index contributed by atoms with van der Waals surface area (Å²) >= 11 is 0. The number of nitrogens with zero attached hydrogens (tertiary/aromatic N) is 1. The van der Waals surface area contributed by atoms with Crippen molar-refractivity contribution in [3.63, 3.8) is 0 Å². The van der Waals surface area contributed by atoms with E-state index in [1.165, 1.54) is 6.20 Å². The summed E-state index contributed by atoms with van der Waals surface area (Å²) in [6, 6.07) is 1.66. The number of hydrogen-bond donors (Lipinski definition) is 2. The molecule has 4 nitrogen and oxygen atoms in total. The van der Waals surface area contributed by atoms with Gasteiger partial charge in [0.1, 0.15) is 5.75 Å². The Hall–Kier alpha value is -1.84. The third-order valence-electron chi connectivity index (χ3n) is 2.02. The average molecular weight is 176 g/mol. The Kier molecular flexibility index (Phi) is 1.55. The van der Waals surface area contributed by atoms with Crippen LogP contribution in [0.5, 0.6) is 5.75 Å². The van der Waals surface area contributed by atoms with Crippen LogP contribution in [0.25, 0.3) is 10.9 Å². The number of aromatic amines is 1. The second kappa shape index (κ2) is 2.58. The molecule has 2 heterocycles. The highest BCUT2D eigenvalue weighted by molar-refractivity contribution is 5.84. The first kappa shape index (κ1) is 7.79. The molecule has 0 spiro atoms. The molecule has 2 aromatic heterocycles. The lowest BCUT2D eigenvalue weighted by molar-refractivity contribution is 0.476. The number of rotatable bonds is 0. The second-order valence-corrected chi connectivity index (χ2v) is 2.85. The van der Waals surface area contributed by atoms with Crippen molar-refractivity contribution >= 4 is 10.9 Å². The quantitative estimate of drug-likeness (QED) is 0.627. The summed E-state index contributed by atoms with van der Waals surface area (Å²) < 4.78 is 0. The molecule has 0 saturated carbocycles. The fourth-order valence-corrected chi connectivity index (χ4v) is 1.23. The van der Waals surface area contributed by atoms with Crippen LogP contribution in [0, 0.1) is 6.92 Å². The van der Waals surface area contributed by atoms with Gasteiger partial charge in [0.05, 0.1) is 17.3 Å². The van der Waals surface area contributed by atoms with Crippen LogP contribution in [0.4, 0.5) is 0 Å². The number of pyridine rings is 2. The largest absolute Gasteiger partial charge is 0.507 e. The van der Waals surface area contributed by atoms with E-state index < -0.39 is 0 Å². The van der Waals surface area contributed by atoms with Gasteiger partial charge in [-0.05, 0) is 13.0 Å². The highest BCUT2D eigenvalue weighted by Crippen LogP contribution is 2.22. The Bertz CT molecular complexity index is 516. The van der Waals surface area contributed by atoms with Crippen LogP contribution in [-0.2, 0) is 0 Å². The van der Waals surface area contributed by atoms with Gasteiger partial charge in [-0.25, -0.2) is 0 Å². The van der Waals surface area contributed by atoms with Crippen LogP contribution in [0.15, 0.2) is 23.3 Å². The maximum atomic E-state index is 11.2. The summed E-state index contributed by atoms with van der Waals surface area (Å²) in [5, 5.41) is 10.2. The molecule has 2 aromatic rings. The lowest BCUT2D eigenvalue weighted by Gasteiger charge is -2.01. The molecule has 0 bridgehead atoms. The molecule has 66 valence electrons. The van der Waals surface area contributed by atoms with Crippen molar-refractivity contribution < 1.29 is 5.11 Å². The molecule has 0 atom stereocenters. The first-order valence-electron chi connectivity index (χ1n) is 3.85. The highest BCUT2D eigenvalue weighted by atomic mass is 16.3. The van der Waals surface area contributed by atoms with Crippen LogP contribution >= 0.6 is 0 Å². The Labute approximate surface area is 73.9 Å². The zero-order chi connectivity index (χ0) is 9.42. The summed E-state index contributed by atoms with van der Waals surface area (Å²) in [5.74, 6) is 0.0288. The third kappa shape index (κ3) is 1.07. The number of nitrogens with one attached hydrogen (secondary N) is 1. The highest BCUT2D eigenvalue weighted by Gasteiger charge is 2.06. The predicted molar refractivity (Wildman–Crippen MR) is 48.8 cm³/mol. The lowest BCUT2D eigenvalue weighted by Crippen LogP contribution is -2.09. The number of fused-ring (bicyclic) bond motifs is 1. The topological polar surface area (TPSA) is 66.0 Å². The molecule has 0 aliphatic carbocycles. The molecule has 0 saturated heterocycles. The smallest absolute Gasteiger partial charge is 0.255 e. The Morgan fingerprint density at radius 1 is 1.54 bits per heavy atom. The van der Waals surface area contributed by atoms with Crippen LogP contribution in [-0.4, -0.2) is 15.1 Å². The zero-order valence-electron chi connectivity index (χ0n) is 7.03. The number of aromatic nitrogens is 2. The van der Waals surface area contributed by atoms with Gasteiger partial charge in [-0.3, -0.25) is 9.78 Å². The minimum absolute atomic E-state index is 0.0288. The molecule has 0 aliphatic heterocycles. The van der Waals surface area contributed by atoms with E-state index in [2.05, 4.69) is 9.97 Å². The second-order valence-electron chi connectivity index (χ2n) is 2.85. The van der Waals surface area contributed by atoms with E-state index in [1.54, 1.807) is 19.2 Å². The van der Waals surface area contributed by atoms with E-state index in [0.29, 0.717) is 16.5 Å². The zero-order valence-corrected chi connectivity index (χ0v) is 7.03. The summed E-state index contributed by atoms with van der Waals surface area (Å²) in [6.07, 6.45) is 3.08. The summed E-state index contributed by atoms with van der Waals surface area (Å²) in [7, 11) is 0. The first-order chi connectivity index (χ1) is 6.20. The van der Waals surface area contributed by atoms with Crippen LogP contribution < -0.4 is 5.56 Å². The fraction of sp³-hybridized carbons (Fsp3) is 0.111. The Morgan fingerprint density at radius 3 is 3.08 bits per heavy atom. The van der Waals surface area contributed by atoms with Gasteiger partial charge in [0, 0.05) is 11.6 Å². The van der Waals surface area contributed by atoms with Crippen molar-refractivity contribution in [2.75, 3.05) is 0 Å². The molecule has 2 rings (SSSR count). The van der Waals surface area contributed by atoms with Crippen molar-refractivity contribution in [3.05, 3.63) is 34.4 Å². The maximum Gasteiger partial charge on any atom is 0.255 e. The van der Waals surface area contributed by atoms with Gasteiger partial charge < -0.3 is 10.1 Å². The summed E-state index contributed by atoms with van der Waals surface area (Å²) in [5.41, 5.74) is 0.604. The maximum absolute atomic E-state index is 11.2. The van der Waals surface area contributed by atoms with Gasteiger partial charge in [0.15, 0.2) is 0 Å². The van der Waals surface area contributed by atoms with Gasteiger partial charge in [0.2, 0.25) is 0 Å². The Morgan fingerprint density at radius 2 is 2.31 bits per heavy atom. The standard InChI is InChI=1S/C9H8N2O2/c1-5-8(12)6-2-3-10-4-7(6)11-9(5)13/h2-4H,1H3,(H2,11,12,13). The van der Waals surface area contributed by atoms with Crippen molar-refractivity contribution in [2.45, 2.75) is 6.92 Å². The van der Waals surface area contributed by atoms with E-state index >= 15 is 0 Å². The molecule has 0 aromatic carbocycles. The van der Waals surface area contributed by atoms with E-state index in [9.17, 15) is 9.90 Å². The third-order valence-corrected chi connectivity index (χ3v) is 2.02. The van der Waals surface area contributed by atoms with E-state index in [1.807, 2.05) is 0 Å². The van der Waals surface area contributed by atoms with Crippen molar-refractivity contribution in [2.24, 2.45) is 0 Å². The first-order valence-corrected chi connectivity index (χ1v) is 3.85.